The maximum Gasteiger partial charge on any atom is 0.00653 e. The molecule has 0 heterocycles. The van der Waals surface area contributed by atoms with Crippen LogP contribution in [0.3, 0.4) is 0 Å². The van der Waals surface area contributed by atoms with Gasteiger partial charge in [0.25, 0.3) is 0 Å². The molecule has 0 rings (SSSR count). The molecule has 0 spiro atoms. The van der Waals surface area contributed by atoms with Gasteiger partial charge in [-0.15, -0.1) is 0 Å². The molecule has 0 N–H and O–H groups in total. The van der Waals surface area contributed by atoms with Crippen LogP contribution in [0.4, 0.5) is 0 Å². The number of hydrogen-bond acceptors (Lipinski definition) is 1. The van der Waals surface area contributed by atoms with Crippen molar-refractivity contribution in [1.82, 2.24) is 0 Å². The zero-order valence-electron chi connectivity index (χ0n) is 7.65. The predicted molar refractivity (Wildman–Crippen MR) is 51.8 cm³/mol. The molecule has 0 saturated heterocycles. The fourth-order valence-corrected chi connectivity index (χ4v) is 1.49. The molecule has 1 atom stereocenters. The van der Waals surface area contributed by atoms with Crippen LogP contribution in [0.15, 0.2) is 0 Å². The molecule has 0 aliphatic rings. The summed E-state index contributed by atoms with van der Waals surface area (Å²) in [4.78, 5) is 0. The van der Waals surface area contributed by atoms with Crippen molar-refractivity contribution in [2.24, 2.45) is 5.41 Å². The molecule has 62 valence electrons. The summed E-state index contributed by atoms with van der Waals surface area (Å²) in [7, 11) is 0. The Bertz CT molecular complexity index is 86.7. The van der Waals surface area contributed by atoms with Gasteiger partial charge in [-0.2, -0.15) is 12.6 Å². The van der Waals surface area contributed by atoms with E-state index in [2.05, 4.69) is 40.3 Å². The summed E-state index contributed by atoms with van der Waals surface area (Å²) in [5, 5.41) is 0.562. The molecule has 10 heavy (non-hydrogen) atoms. The molecule has 0 saturated carbocycles. The molecule has 0 aromatic carbocycles. The molecule has 0 radical (unpaired) electrons. The normalized spacial score (nSPS) is 15.3. The first-order valence-electron chi connectivity index (χ1n) is 4.22. The van der Waals surface area contributed by atoms with Crippen molar-refractivity contribution in [3.8, 4) is 0 Å². The zero-order chi connectivity index (χ0) is 8.20. The molecule has 0 bridgehead atoms. The maximum absolute atomic E-state index is 4.54. The Morgan fingerprint density at radius 2 is 1.80 bits per heavy atom. The quantitative estimate of drug-likeness (QED) is 0.598. The Labute approximate surface area is 70.8 Å². The van der Waals surface area contributed by atoms with Crippen LogP contribution in [0.5, 0.6) is 0 Å². The second-order valence-electron chi connectivity index (χ2n) is 3.66. The van der Waals surface area contributed by atoms with E-state index in [1.807, 2.05) is 0 Å². The Morgan fingerprint density at radius 3 is 2.10 bits per heavy atom. The van der Waals surface area contributed by atoms with E-state index >= 15 is 0 Å². The van der Waals surface area contributed by atoms with Gasteiger partial charge in [-0.25, -0.2) is 0 Å². The van der Waals surface area contributed by atoms with Crippen molar-refractivity contribution < 1.29 is 0 Å². The first-order valence-corrected chi connectivity index (χ1v) is 4.74. The van der Waals surface area contributed by atoms with E-state index in [9.17, 15) is 0 Å². The minimum absolute atomic E-state index is 0.423. The summed E-state index contributed by atoms with van der Waals surface area (Å²) in [6, 6.07) is 0. The second kappa shape index (κ2) is 4.27. The highest BCUT2D eigenvalue weighted by Crippen LogP contribution is 2.32. The van der Waals surface area contributed by atoms with E-state index in [-0.39, 0.29) is 0 Å². The summed E-state index contributed by atoms with van der Waals surface area (Å²) in [5.74, 6) is 0. The van der Waals surface area contributed by atoms with Gasteiger partial charge < -0.3 is 0 Å². The van der Waals surface area contributed by atoms with Crippen molar-refractivity contribution >= 4 is 12.6 Å². The molecular weight excluding hydrogens is 140 g/mol. The standard InChI is InChI=1S/C9H20S/c1-5-7-9(3,4)8(10)6-2/h8,10H,5-7H2,1-4H3. The molecular formula is C9H20S. The smallest absolute Gasteiger partial charge is 0.00653 e. The first kappa shape index (κ1) is 10.3. The summed E-state index contributed by atoms with van der Waals surface area (Å²) < 4.78 is 0. The Balaban J connectivity index is 3.82. The predicted octanol–water partition coefficient (Wildman–Crippen LogP) is 3.52. The monoisotopic (exact) mass is 160 g/mol. The highest BCUT2D eigenvalue weighted by Gasteiger charge is 2.23. The molecule has 1 heteroatoms. The molecule has 1 unspecified atom stereocenters. The summed E-state index contributed by atoms with van der Waals surface area (Å²) >= 11 is 4.54. The lowest BCUT2D eigenvalue weighted by molar-refractivity contribution is 0.314. The van der Waals surface area contributed by atoms with Crippen molar-refractivity contribution in [1.29, 1.82) is 0 Å². The summed E-state index contributed by atoms with van der Waals surface area (Å²) in [6.45, 7) is 9.04. The van der Waals surface area contributed by atoms with Crippen molar-refractivity contribution in [2.45, 2.75) is 52.2 Å². The third-order valence-corrected chi connectivity index (χ3v) is 3.25. The van der Waals surface area contributed by atoms with Gasteiger partial charge in [0, 0.05) is 5.25 Å². The van der Waals surface area contributed by atoms with Crippen LogP contribution < -0.4 is 0 Å². The van der Waals surface area contributed by atoms with Crippen LogP contribution in [0.25, 0.3) is 0 Å². The van der Waals surface area contributed by atoms with Crippen LogP contribution in [-0.2, 0) is 0 Å². The molecule has 0 nitrogen and oxygen atoms in total. The fraction of sp³-hybridized carbons (Fsp3) is 1.00. The molecule has 0 fully saturated rings. The van der Waals surface area contributed by atoms with Crippen LogP contribution in [0.2, 0.25) is 0 Å². The fourth-order valence-electron chi connectivity index (χ4n) is 1.36. The largest absolute Gasteiger partial charge is 0.175 e. The maximum atomic E-state index is 4.54. The van der Waals surface area contributed by atoms with E-state index in [4.69, 9.17) is 0 Å². The van der Waals surface area contributed by atoms with Gasteiger partial charge in [0.15, 0.2) is 0 Å². The average molecular weight is 160 g/mol. The minimum Gasteiger partial charge on any atom is -0.175 e. The lowest BCUT2D eigenvalue weighted by Gasteiger charge is -2.29. The molecule has 0 aliphatic heterocycles. The summed E-state index contributed by atoms with van der Waals surface area (Å²) in [5.41, 5.74) is 0.423. The first-order chi connectivity index (χ1) is 4.54. The van der Waals surface area contributed by atoms with Crippen LogP contribution in [0.1, 0.15) is 47.0 Å². The third kappa shape index (κ3) is 2.96. The van der Waals surface area contributed by atoms with Crippen molar-refractivity contribution in [3.63, 3.8) is 0 Å². The SMILES string of the molecule is CCCC(C)(C)C(S)CC. The van der Waals surface area contributed by atoms with Gasteiger partial charge in [0.2, 0.25) is 0 Å². The molecule has 0 aromatic heterocycles. The van der Waals surface area contributed by atoms with Gasteiger partial charge in [0.1, 0.15) is 0 Å². The minimum atomic E-state index is 0.423. The Morgan fingerprint density at radius 1 is 1.30 bits per heavy atom. The van der Waals surface area contributed by atoms with Crippen LogP contribution >= 0.6 is 12.6 Å². The average Bonchev–Trinajstić information content (AvgIpc) is 1.86. The van der Waals surface area contributed by atoms with Crippen LogP contribution in [0, 0.1) is 5.41 Å². The van der Waals surface area contributed by atoms with E-state index < -0.39 is 0 Å². The molecule has 0 aromatic rings. The third-order valence-electron chi connectivity index (χ3n) is 2.18. The molecule has 0 aliphatic carbocycles. The topological polar surface area (TPSA) is 0 Å². The Kier molecular flexibility index (Phi) is 4.42. The van der Waals surface area contributed by atoms with Gasteiger partial charge in [0.05, 0.1) is 0 Å². The van der Waals surface area contributed by atoms with Crippen LogP contribution in [-0.4, -0.2) is 5.25 Å². The van der Waals surface area contributed by atoms with Gasteiger partial charge in [-0.05, 0) is 18.3 Å². The van der Waals surface area contributed by atoms with E-state index in [0.717, 1.165) is 0 Å². The van der Waals surface area contributed by atoms with E-state index in [1.165, 1.54) is 19.3 Å². The lowest BCUT2D eigenvalue weighted by Crippen LogP contribution is -2.23. The van der Waals surface area contributed by atoms with Crippen molar-refractivity contribution in [3.05, 3.63) is 0 Å². The van der Waals surface area contributed by atoms with Gasteiger partial charge >= 0.3 is 0 Å². The van der Waals surface area contributed by atoms with E-state index in [0.29, 0.717) is 10.7 Å². The second-order valence-corrected chi connectivity index (χ2v) is 4.29. The number of thiol groups is 1. The molecule has 0 amide bonds. The summed E-state index contributed by atoms with van der Waals surface area (Å²) in [6.07, 6.45) is 3.73. The number of rotatable bonds is 4. The van der Waals surface area contributed by atoms with Crippen molar-refractivity contribution in [2.75, 3.05) is 0 Å². The highest BCUT2D eigenvalue weighted by atomic mass is 32.1. The highest BCUT2D eigenvalue weighted by molar-refractivity contribution is 7.81. The lowest BCUT2D eigenvalue weighted by atomic mass is 9.83. The Hall–Kier alpha value is 0.350. The zero-order valence-corrected chi connectivity index (χ0v) is 8.54. The van der Waals surface area contributed by atoms with Gasteiger partial charge in [-0.3, -0.25) is 0 Å². The van der Waals surface area contributed by atoms with E-state index in [1.54, 1.807) is 0 Å². The number of hydrogen-bond donors (Lipinski definition) is 1. The van der Waals surface area contributed by atoms with Gasteiger partial charge in [-0.1, -0.05) is 34.1 Å².